The number of anilines is 1. The first-order valence-corrected chi connectivity index (χ1v) is 9.92. The lowest BCUT2D eigenvalue weighted by Gasteiger charge is -2.34. The van der Waals surface area contributed by atoms with Gasteiger partial charge in [0.1, 0.15) is 5.60 Å². The van der Waals surface area contributed by atoms with E-state index in [1.165, 1.54) is 6.21 Å². The minimum absolute atomic E-state index is 0.178. The van der Waals surface area contributed by atoms with Gasteiger partial charge in [0, 0.05) is 38.6 Å². The molecule has 0 spiro atoms. The highest BCUT2D eigenvalue weighted by Crippen LogP contribution is 2.28. The molecule has 1 saturated heterocycles. The van der Waals surface area contributed by atoms with Gasteiger partial charge in [0.05, 0.1) is 17.8 Å². The molecule has 10 nitrogen and oxygen atoms in total. The van der Waals surface area contributed by atoms with Crippen LogP contribution in [0.4, 0.5) is 23.9 Å². The monoisotopic (exact) mass is 460 g/mol. The molecule has 1 N–H and O–H groups in total. The van der Waals surface area contributed by atoms with Gasteiger partial charge in [-0.15, -0.1) is 0 Å². The second-order valence-electron chi connectivity index (χ2n) is 8.10. The maximum absolute atomic E-state index is 12.6. The first-order chi connectivity index (χ1) is 14.8. The van der Waals surface area contributed by atoms with E-state index in [0.717, 1.165) is 12.4 Å². The number of hydrogen-bond donors (Lipinski definition) is 1. The molecule has 2 rings (SSSR count). The predicted octanol–water partition coefficient (Wildman–Crippen LogP) is 2.06. The normalized spacial score (nSPS) is 16.1. The number of nitrogens with zero attached hydrogens (tertiary/aromatic N) is 5. The summed E-state index contributed by atoms with van der Waals surface area (Å²) in [6, 6.07) is -0.466. The summed E-state index contributed by atoms with van der Waals surface area (Å²) in [4.78, 5) is 39.7. The van der Waals surface area contributed by atoms with Gasteiger partial charge in [0.25, 0.3) is 5.91 Å². The number of amides is 2. The lowest BCUT2D eigenvalue weighted by atomic mass is 10.2. The highest BCUT2D eigenvalue weighted by molar-refractivity contribution is 5.78. The fourth-order valence-corrected chi connectivity index (χ4v) is 2.64. The van der Waals surface area contributed by atoms with Gasteiger partial charge in [-0.1, -0.05) is 5.16 Å². The summed E-state index contributed by atoms with van der Waals surface area (Å²) in [5, 5.41) is 6.24. The highest BCUT2D eigenvalue weighted by atomic mass is 19.4. The molecule has 2 heterocycles. The van der Waals surface area contributed by atoms with E-state index in [-0.39, 0.29) is 18.5 Å². The third kappa shape index (κ3) is 8.19. The average Bonchev–Trinajstić information content (AvgIpc) is 2.69. The molecule has 1 aromatic heterocycles. The number of nitrogens with one attached hydrogen (secondary N) is 1. The molecular weight excluding hydrogens is 433 g/mol. The fraction of sp³-hybridized carbons (Fsp3) is 0.632. The zero-order chi connectivity index (χ0) is 23.9. The van der Waals surface area contributed by atoms with E-state index in [0.29, 0.717) is 26.2 Å². The van der Waals surface area contributed by atoms with Crippen LogP contribution in [-0.4, -0.2) is 77.5 Å². The Labute approximate surface area is 183 Å². The van der Waals surface area contributed by atoms with Crippen LogP contribution >= 0.6 is 0 Å². The first-order valence-electron chi connectivity index (χ1n) is 9.92. The molecular formula is C19H27F3N6O4. The minimum Gasteiger partial charge on any atom is -0.444 e. The van der Waals surface area contributed by atoms with E-state index in [2.05, 4.69) is 20.4 Å². The van der Waals surface area contributed by atoms with Crippen LogP contribution in [0.5, 0.6) is 0 Å². The number of carbonyl (C=O) groups is 2. The van der Waals surface area contributed by atoms with Gasteiger partial charge in [-0.3, -0.25) is 4.79 Å². The number of halogens is 3. The number of oxime groups is 1. The van der Waals surface area contributed by atoms with Gasteiger partial charge in [-0.2, -0.15) is 13.2 Å². The van der Waals surface area contributed by atoms with Gasteiger partial charge in [-0.25, -0.2) is 14.8 Å². The third-order valence-corrected chi connectivity index (χ3v) is 4.17. The summed E-state index contributed by atoms with van der Waals surface area (Å²) < 4.78 is 42.9. The SMILES string of the molecule is CC(C=NOCC(=O)N1CCN(c2ncc(C(F)(F)F)cn2)CC1)NC(=O)OC(C)(C)C. The summed E-state index contributed by atoms with van der Waals surface area (Å²) in [7, 11) is 0. The van der Waals surface area contributed by atoms with E-state index in [9.17, 15) is 22.8 Å². The van der Waals surface area contributed by atoms with Crippen molar-refractivity contribution in [3.63, 3.8) is 0 Å². The molecule has 0 aromatic carbocycles. The topological polar surface area (TPSA) is 109 Å². The highest BCUT2D eigenvalue weighted by Gasteiger charge is 2.32. The van der Waals surface area contributed by atoms with Crippen molar-refractivity contribution in [2.45, 2.75) is 45.5 Å². The zero-order valence-electron chi connectivity index (χ0n) is 18.3. The number of alkyl carbamates (subject to hydrolysis) is 1. The lowest BCUT2D eigenvalue weighted by Crippen LogP contribution is -2.50. The van der Waals surface area contributed by atoms with E-state index in [4.69, 9.17) is 9.57 Å². The van der Waals surface area contributed by atoms with Crippen LogP contribution in [0.3, 0.4) is 0 Å². The van der Waals surface area contributed by atoms with Crippen molar-refractivity contribution in [2.24, 2.45) is 5.16 Å². The van der Waals surface area contributed by atoms with Gasteiger partial charge >= 0.3 is 12.3 Å². The Balaban J connectivity index is 1.71. The molecule has 13 heteroatoms. The Hall–Kier alpha value is -3.12. The summed E-state index contributed by atoms with van der Waals surface area (Å²) in [5.41, 5.74) is -1.53. The number of ether oxygens (including phenoxy) is 1. The molecule has 0 saturated carbocycles. The number of alkyl halides is 3. The summed E-state index contributed by atoms with van der Waals surface area (Å²) in [5.74, 6) is -0.111. The van der Waals surface area contributed by atoms with Crippen molar-refractivity contribution >= 4 is 24.2 Å². The Morgan fingerprint density at radius 2 is 1.78 bits per heavy atom. The van der Waals surface area contributed by atoms with E-state index >= 15 is 0 Å². The molecule has 1 unspecified atom stereocenters. The van der Waals surface area contributed by atoms with Crippen molar-refractivity contribution in [1.82, 2.24) is 20.2 Å². The van der Waals surface area contributed by atoms with Crippen LogP contribution in [-0.2, 0) is 20.5 Å². The van der Waals surface area contributed by atoms with Crippen molar-refractivity contribution in [3.05, 3.63) is 18.0 Å². The molecule has 1 aliphatic heterocycles. The van der Waals surface area contributed by atoms with Gasteiger partial charge in [0.15, 0.2) is 6.61 Å². The smallest absolute Gasteiger partial charge is 0.419 e. The third-order valence-electron chi connectivity index (χ3n) is 4.17. The number of rotatable bonds is 6. The maximum atomic E-state index is 12.6. The number of carbonyl (C=O) groups excluding carboxylic acids is 2. The molecule has 1 atom stereocenters. The first kappa shape index (κ1) is 25.1. The van der Waals surface area contributed by atoms with Crippen molar-refractivity contribution in [3.8, 4) is 0 Å². The molecule has 0 bridgehead atoms. The fourth-order valence-electron chi connectivity index (χ4n) is 2.64. The van der Waals surface area contributed by atoms with Crippen molar-refractivity contribution < 1.29 is 32.3 Å². The van der Waals surface area contributed by atoms with Crippen molar-refractivity contribution in [1.29, 1.82) is 0 Å². The Kier molecular flexibility index (Phi) is 8.22. The van der Waals surface area contributed by atoms with Gasteiger partial charge in [0.2, 0.25) is 5.95 Å². The minimum atomic E-state index is -4.49. The molecule has 0 aliphatic carbocycles. The van der Waals surface area contributed by atoms with Gasteiger partial charge in [-0.05, 0) is 27.7 Å². The average molecular weight is 460 g/mol. The van der Waals surface area contributed by atoms with E-state index in [1.807, 2.05) is 0 Å². The Morgan fingerprint density at radius 3 is 2.31 bits per heavy atom. The standard InChI is InChI=1S/C19H27F3N6O4/c1-13(26-17(30)32-18(2,3)4)9-25-31-12-15(29)27-5-7-28(8-6-27)16-23-10-14(11-24-16)19(20,21)22/h9-11,13H,5-8,12H2,1-4H3,(H,26,30). The second-order valence-corrected chi connectivity index (χ2v) is 8.10. The molecule has 1 aliphatic rings. The van der Waals surface area contributed by atoms with Crippen LogP contribution in [0.2, 0.25) is 0 Å². The number of hydrogen-bond acceptors (Lipinski definition) is 8. The summed E-state index contributed by atoms with van der Waals surface area (Å²) in [6.45, 7) is 8.05. The zero-order valence-corrected chi connectivity index (χ0v) is 18.3. The second kappa shape index (κ2) is 10.5. The van der Waals surface area contributed by atoms with Crippen molar-refractivity contribution in [2.75, 3.05) is 37.7 Å². The molecule has 1 fully saturated rings. The Morgan fingerprint density at radius 1 is 1.19 bits per heavy atom. The molecule has 0 radical (unpaired) electrons. The van der Waals surface area contributed by atoms with Gasteiger partial charge < -0.3 is 24.7 Å². The quantitative estimate of drug-likeness (QED) is 0.511. The summed E-state index contributed by atoms with van der Waals surface area (Å²) >= 11 is 0. The molecule has 178 valence electrons. The number of piperazine rings is 1. The molecule has 1 aromatic rings. The largest absolute Gasteiger partial charge is 0.444 e. The maximum Gasteiger partial charge on any atom is 0.419 e. The van der Waals surface area contributed by atoms with Crippen LogP contribution in [0, 0.1) is 0 Å². The van der Waals surface area contributed by atoms with E-state index < -0.39 is 29.5 Å². The molecule has 2 amide bonds. The molecule has 32 heavy (non-hydrogen) atoms. The number of aromatic nitrogens is 2. The van der Waals surface area contributed by atoms with E-state index in [1.54, 1.807) is 37.5 Å². The summed E-state index contributed by atoms with van der Waals surface area (Å²) in [6.07, 6.45) is -2.27. The van der Waals surface area contributed by atoms with Crippen LogP contribution in [0.15, 0.2) is 17.5 Å². The van der Waals surface area contributed by atoms with Crippen LogP contribution in [0.25, 0.3) is 0 Å². The Bertz CT molecular complexity index is 803. The van der Waals surface area contributed by atoms with Crippen LogP contribution in [0.1, 0.15) is 33.3 Å². The lowest BCUT2D eigenvalue weighted by molar-refractivity contribution is -0.138. The van der Waals surface area contributed by atoms with Crippen LogP contribution < -0.4 is 10.2 Å². The predicted molar refractivity (Wildman–Crippen MR) is 109 cm³/mol.